The van der Waals surface area contributed by atoms with Crippen LogP contribution in [0.5, 0.6) is 0 Å². The van der Waals surface area contributed by atoms with Crippen molar-refractivity contribution in [2.24, 2.45) is 0 Å². The molecule has 0 saturated carbocycles. The Morgan fingerprint density at radius 2 is 2.11 bits per heavy atom. The van der Waals surface area contributed by atoms with Crippen LogP contribution in [0.4, 0.5) is 0 Å². The van der Waals surface area contributed by atoms with E-state index in [4.69, 9.17) is 5.11 Å². The molecular weight excluding hydrogens is 260 g/mol. The molecule has 0 aliphatic heterocycles. The minimum absolute atomic E-state index is 0.0434. The summed E-state index contributed by atoms with van der Waals surface area (Å²) in [5, 5.41) is 9.50. The van der Waals surface area contributed by atoms with E-state index in [-0.39, 0.29) is 5.75 Å². The number of carboxylic acids is 1. The van der Waals surface area contributed by atoms with E-state index in [0.717, 1.165) is 23.8 Å². The molecule has 1 aromatic heterocycles. The minimum Gasteiger partial charge on any atom is -0.481 e. The fourth-order valence-corrected chi connectivity index (χ4v) is 2.61. The van der Waals surface area contributed by atoms with Gasteiger partial charge >= 0.3 is 5.97 Å². The molecule has 0 radical (unpaired) electrons. The van der Waals surface area contributed by atoms with Gasteiger partial charge in [0.1, 0.15) is 0 Å². The van der Waals surface area contributed by atoms with Gasteiger partial charge in [-0.25, -0.2) is 4.98 Å². The van der Waals surface area contributed by atoms with E-state index in [1.807, 2.05) is 25.1 Å². The lowest BCUT2D eigenvalue weighted by Gasteiger charge is -2.09. The quantitative estimate of drug-likeness (QED) is 0.824. The number of imidazole rings is 1. The third kappa shape index (κ3) is 3.86. The SMILES string of the molecule is Cc1cnc(SCC(=O)O)n1CCc1ccccc1. The van der Waals surface area contributed by atoms with Gasteiger partial charge in [0.25, 0.3) is 0 Å². The third-order valence-corrected chi connectivity index (χ3v) is 3.79. The molecule has 2 rings (SSSR count). The van der Waals surface area contributed by atoms with Crippen LogP contribution in [-0.4, -0.2) is 26.4 Å². The Balaban J connectivity index is 2.03. The first kappa shape index (κ1) is 13.7. The van der Waals surface area contributed by atoms with Crippen molar-refractivity contribution in [1.29, 1.82) is 0 Å². The van der Waals surface area contributed by atoms with Crippen molar-refractivity contribution in [2.45, 2.75) is 25.0 Å². The zero-order chi connectivity index (χ0) is 13.7. The van der Waals surface area contributed by atoms with Gasteiger partial charge in [-0.2, -0.15) is 0 Å². The topological polar surface area (TPSA) is 55.1 Å². The summed E-state index contributed by atoms with van der Waals surface area (Å²) in [5.41, 5.74) is 2.33. The Morgan fingerprint density at radius 1 is 1.37 bits per heavy atom. The van der Waals surface area contributed by atoms with Gasteiger partial charge < -0.3 is 9.67 Å². The van der Waals surface area contributed by atoms with Gasteiger partial charge in [0, 0.05) is 18.4 Å². The molecule has 19 heavy (non-hydrogen) atoms. The first-order valence-electron chi connectivity index (χ1n) is 6.07. The second-order valence-corrected chi connectivity index (χ2v) is 5.19. The lowest BCUT2D eigenvalue weighted by Crippen LogP contribution is -2.06. The predicted octanol–water partition coefficient (Wildman–Crippen LogP) is 2.61. The summed E-state index contributed by atoms with van der Waals surface area (Å²) in [4.78, 5) is 14.9. The van der Waals surface area contributed by atoms with Crippen molar-refractivity contribution < 1.29 is 9.90 Å². The van der Waals surface area contributed by atoms with Gasteiger partial charge in [0.05, 0.1) is 5.75 Å². The maximum atomic E-state index is 10.6. The van der Waals surface area contributed by atoms with Crippen LogP contribution < -0.4 is 0 Å². The van der Waals surface area contributed by atoms with Crippen molar-refractivity contribution in [3.8, 4) is 0 Å². The number of hydrogen-bond acceptors (Lipinski definition) is 3. The van der Waals surface area contributed by atoms with Gasteiger partial charge in [-0.1, -0.05) is 42.1 Å². The highest BCUT2D eigenvalue weighted by Gasteiger charge is 2.09. The number of carboxylic acid groups (broad SMARTS) is 1. The summed E-state index contributed by atoms with van der Waals surface area (Å²) in [6.45, 7) is 2.81. The molecule has 5 heteroatoms. The highest BCUT2D eigenvalue weighted by molar-refractivity contribution is 7.99. The number of aromatic nitrogens is 2. The van der Waals surface area contributed by atoms with E-state index in [9.17, 15) is 4.79 Å². The average molecular weight is 276 g/mol. The van der Waals surface area contributed by atoms with E-state index >= 15 is 0 Å². The monoisotopic (exact) mass is 276 g/mol. The number of hydrogen-bond donors (Lipinski definition) is 1. The van der Waals surface area contributed by atoms with Gasteiger partial charge in [-0.3, -0.25) is 4.79 Å². The van der Waals surface area contributed by atoms with Gasteiger partial charge in [-0.15, -0.1) is 0 Å². The first-order valence-corrected chi connectivity index (χ1v) is 7.06. The normalized spacial score (nSPS) is 10.6. The zero-order valence-electron chi connectivity index (χ0n) is 10.7. The van der Waals surface area contributed by atoms with Crippen molar-refractivity contribution in [3.05, 3.63) is 47.8 Å². The fraction of sp³-hybridized carbons (Fsp3) is 0.286. The fourth-order valence-electron chi connectivity index (χ4n) is 1.84. The van der Waals surface area contributed by atoms with E-state index < -0.39 is 5.97 Å². The summed E-state index contributed by atoms with van der Waals surface area (Å²) in [5.74, 6) is -0.776. The van der Waals surface area contributed by atoms with Crippen LogP contribution in [0.2, 0.25) is 0 Å². The third-order valence-electron chi connectivity index (χ3n) is 2.81. The maximum Gasteiger partial charge on any atom is 0.313 e. The Labute approximate surface area is 116 Å². The Bertz CT molecular complexity index is 552. The number of aryl methyl sites for hydroxylation is 2. The molecule has 0 fully saturated rings. The minimum atomic E-state index is -0.819. The Morgan fingerprint density at radius 3 is 2.79 bits per heavy atom. The predicted molar refractivity (Wildman–Crippen MR) is 75.5 cm³/mol. The molecule has 100 valence electrons. The number of benzene rings is 1. The number of aliphatic carboxylic acids is 1. The van der Waals surface area contributed by atoms with E-state index in [1.165, 1.54) is 17.3 Å². The second kappa shape index (κ2) is 6.43. The molecule has 0 spiro atoms. The molecule has 4 nitrogen and oxygen atoms in total. The molecule has 0 unspecified atom stereocenters. The lowest BCUT2D eigenvalue weighted by molar-refractivity contribution is -0.133. The zero-order valence-corrected chi connectivity index (χ0v) is 11.6. The molecule has 0 atom stereocenters. The summed E-state index contributed by atoms with van der Waals surface area (Å²) >= 11 is 1.26. The van der Waals surface area contributed by atoms with Gasteiger partial charge in [0.2, 0.25) is 0 Å². The molecule has 0 aliphatic carbocycles. The van der Waals surface area contributed by atoms with E-state index in [1.54, 1.807) is 6.20 Å². The van der Waals surface area contributed by atoms with Crippen LogP contribution in [-0.2, 0) is 17.8 Å². The number of rotatable bonds is 6. The van der Waals surface area contributed by atoms with Crippen LogP contribution in [0.15, 0.2) is 41.7 Å². The van der Waals surface area contributed by atoms with Crippen molar-refractivity contribution in [3.63, 3.8) is 0 Å². The summed E-state index contributed by atoms with van der Waals surface area (Å²) in [6, 6.07) is 10.2. The van der Waals surface area contributed by atoms with Gasteiger partial charge in [0.15, 0.2) is 5.16 Å². The number of carbonyl (C=O) groups is 1. The molecule has 0 amide bonds. The van der Waals surface area contributed by atoms with E-state index in [2.05, 4.69) is 21.7 Å². The highest BCUT2D eigenvalue weighted by atomic mass is 32.2. The standard InChI is InChI=1S/C14H16N2O2S/c1-11-9-15-14(19-10-13(17)18)16(11)8-7-12-5-3-2-4-6-12/h2-6,9H,7-8,10H2,1H3,(H,17,18). The van der Waals surface area contributed by atoms with Crippen molar-refractivity contribution >= 4 is 17.7 Å². The largest absolute Gasteiger partial charge is 0.481 e. The summed E-state index contributed by atoms with van der Waals surface area (Å²) < 4.78 is 2.07. The van der Waals surface area contributed by atoms with Crippen LogP contribution >= 0.6 is 11.8 Å². The van der Waals surface area contributed by atoms with Crippen LogP contribution in [0.1, 0.15) is 11.3 Å². The van der Waals surface area contributed by atoms with Crippen LogP contribution in [0.25, 0.3) is 0 Å². The number of thioether (sulfide) groups is 1. The molecule has 0 aliphatic rings. The summed E-state index contributed by atoms with van der Waals surface area (Å²) in [7, 11) is 0. The molecule has 1 aromatic carbocycles. The van der Waals surface area contributed by atoms with Crippen LogP contribution in [0, 0.1) is 6.92 Å². The average Bonchev–Trinajstić information content (AvgIpc) is 2.76. The second-order valence-electron chi connectivity index (χ2n) is 4.25. The number of nitrogens with zero attached hydrogens (tertiary/aromatic N) is 2. The molecular formula is C14H16N2O2S. The van der Waals surface area contributed by atoms with E-state index in [0.29, 0.717) is 0 Å². The maximum absolute atomic E-state index is 10.6. The molecule has 0 saturated heterocycles. The molecule has 1 N–H and O–H groups in total. The van der Waals surface area contributed by atoms with Crippen molar-refractivity contribution in [1.82, 2.24) is 9.55 Å². The molecule has 1 heterocycles. The van der Waals surface area contributed by atoms with Crippen molar-refractivity contribution in [2.75, 3.05) is 5.75 Å². The lowest BCUT2D eigenvalue weighted by atomic mass is 10.1. The molecule has 0 bridgehead atoms. The van der Waals surface area contributed by atoms with Crippen LogP contribution in [0.3, 0.4) is 0 Å². The Kier molecular flexibility index (Phi) is 4.63. The first-order chi connectivity index (χ1) is 9.16. The Hall–Kier alpha value is -1.75. The summed E-state index contributed by atoms with van der Waals surface area (Å²) in [6.07, 6.45) is 2.70. The smallest absolute Gasteiger partial charge is 0.313 e. The van der Waals surface area contributed by atoms with Gasteiger partial charge in [-0.05, 0) is 18.9 Å². The highest BCUT2D eigenvalue weighted by Crippen LogP contribution is 2.18. The molecule has 2 aromatic rings.